The van der Waals surface area contributed by atoms with E-state index in [1.807, 2.05) is 0 Å². The van der Waals surface area contributed by atoms with E-state index in [0.717, 1.165) is 24.0 Å². The van der Waals surface area contributed by atoms with Gasteiger partial charge in [-0.15, -0.1) is 0 Å². The molecule has 98 valence electrons. The SMILES string of the molecule is CCC[Si](CCC)(OCC)C1CC2C=CC1C2. The van der Waals surface area contributed by atoms with Gasteiger partial charge in [0.05, 0.1) is 0 Å². The molecule has 0 aliphatic heterocycles. The lowest BCUT2D eigenvalue weighted by atomic mass is 10.1. The molecule has 0 aromatic carbocycles. The van der Waals surface area contributed by atoms with Crippen LogP contribution in [0.15, 0.2) is 12.2 Å². The van der Waals surface area contributed by atoms with Crippen molar-refractivity contribution in [1.29, 1.82) is 0 Å². The second kappa shape index (κ2) is 5.70. The van der Waals surface area contributed by atoms with Gasteiger partial charge in [-0.2, -0.15) is 0 Å². The van der Waals surface area contributed by atoms with E-state index in [1.54, 1.807) is 0 Å². The van der Waals surface area contributed by atoms with Crippen molar-refractivity contribution in [3.8, 4) is 0 Å². The van der Waals surface area contributed by atoms with Crippen LogP contribution in [0.3, 0.4) is 0 Å². The Balaban J connectivity index is 2.15. The van der Waals surface area contributed by atoms with E-state index in [9.17, 15) is 0 Å². The summed E-state index contributed by atoms with van der Waals surface area (Å²) in [4.78, 5) is 0. The third-order valence-electron chi connectivity index (χ3n) is 4.73. The maximum Gasteiger partial charge on any atom is 0.196 e. The Morgan fingerprint density at radius 2 is 1.76 bits per heavy atom. The summed E-state index contributed by atoms with van der Waals surface area (Å²) < 4.78 is 6.45. The predicted octanol–water partition coefficient (Wildman–Crippen LogP) is 4.75. The second-order valence-corrected chi connectivity index (χ2v) is 10.0. The van der Waals surface area contributed by atoms with Crippen LogP contribution in [-0.4, -0.2) is 14.9 Å². The number of fused-ring (bicyclic) bond motifs is 2. The van der Waals surface area contributed by atoms with Gasteiger partial charge in [-0.1, -0.05) is 38.8 Å². The molecule has 0 aromatic heterocycles. The van der Waals surface area contributed by atoms with Crippen molar-refractivity contribution in [2.75, 3.05) is 6.61 Å². The fraction of sp³-hybridized carbons (Fsp3) is 0.867. The highest BCUT2D eigenvalue weighted by Gasteiger charge is 2.50. The summed E-state index contributed by atoms with van der Waals surface area (Å²) in [7, 11) is -1.47. The Morgan fingerprint density at radius 1 is 1.06 bits per heavy atom. The quantitative estimate of drug-likeness (QED) is 0.469. The molecule has 3 unspecified atom stereocenters. The number of allylic oxidation sites excluding steroid dienone is 2. The summed E-state index contributed by atoms with van der Waals surface area (Å²) in [5.41, 5.74) is 0.928. The van der Waals surface area contributed by atoms with Gasteiger partial charge in [-0.25, -0.2) is 0 Å². The zero-order valence-corrected chi connectivity index (χ0v) is 12.7. The highest BCUT2D eigenvalue weighted by Crippen LogP contribution is 2.54. The molecule has 2 aliphatic rings. The van der Waals surface area contributed by atoms with E-state index >= 15 is 0 Å². The molecule has 0 radical (unpaired) electrons. The average molecular weight is 252 g/mol. The largest absolute Gasteiger partial charge is 0.417 e. The molecular weight excluding hydrogens is 224 g/mol. The summed E-state index contributed by atoms with van der Waals surface area (Å²) in [5.74, 6) is 1.77. The maximum atomic E-state index is 6.45. The van der Waals surface area contributed by atoms with E-state index in [2.05, 4.69) is 32.9 Å². The standard InChI is InChI=1S/C15H28OSi/c1-4-9-17(10-5-2,16-6-3)15-12-13-7-8-14(15)11-13/h7-8,13-15H,4-6,9-12H2,1-3H3. The van der Waals surface area contributed by atoms with Crippen molar-refractivity contribution >= 4 is 8.32 Å². The molecule has 0 spiro atoms. The third kappa shape index (κ3) is 2.53. The summed E-state index contributed by atoms with van der Waals surface area (Å²) in [6.07, 6.45) is 10.5. The van der Waals surface area contributed by atoms with Crippen LogP contribution in [0.5, 0.6) is 0 Å². The minimum atomic E-state index is -1.47. The van der Waals surface area contributed by atoms with Gasteiger partial charge in [0.15, 0.2) is 8.32 Å². The highest BCUT2D eigenvalue weighted by molar-refractivity contribution is 6.75. The predicted molar refractivity (Wildman–Crippen MR) is 76.7 cm³/mol. The van der Waals surface area contributed by atoms with E-state index in [4.69, 9.17) is 4.43 Å². The van der Waals surface area contributed by atoms with Gasteiger partial charge in [0.25, 0.3) is 0 Å². The van der Waals surface area contributed by atoms with E-state index in [-0.39, 0.29) is 0 Å². The molecule has 2 rings (SSSR count). The van der Waals surface area contributed by atoms with E-state index in [0.29, 0.717) is 0 Å². The van der Waals surface area contributed by atoms with Gasteiger partial charge in [0.2, 0.25) is 0 Å². The molecule has 0 amide bonds. The Bertz CT molecular complexity index is 257. The third-order valence-corrected chi connectivity index (χ3v) is 10.3. The lowest BCUT2D eigenvalue weighted by molar-refractivity contribution is 0.300. The molecule has 3 atom stereocenters. The van der Waals surface area contributed by atoms with E-state index < -0.39 is 8.32 Å². The Hall–Kier alpha value is -0.0831. The molecule has 2 bridgehead atoms. The number of rotatable bonds is 7. The van der Waals surface area contributed by atoms with Gasteiger partial charge < -0.3 is 4.43 Å². The molecule has 2 heteroatoms. The van der Waals surface area contributed by atoms with Crippen LogP contribution >= 0.6 is 0 Å². The Labute approximate surface area is 108 Å². The molecule has 0 aromatic rings. The number of hydrogen-bond donors (Lipinski definition) is 0. The lowest BCUT2D eigenvalue weighted by Gasteiger charge is -2.39. The van der Waals surface area contributed by atoms with Crippen LogP contribution in [0, 0.1) is 11.8 Å². The molecule has 17 heavy (non-hydrogen) atoms. The second-order valence-electron chi connectivity index (χ2n) is 5.88. The topological polar surface area (TPSA) is 9.23 Å². The highest BCUT2D eigenvalue weighted by atomic mass is 28.4. The number of hydrogen-bond acceptors (Lipinski definition) is 1. The fourth-order valence-electron chi connectivity index (χ4n) is 4.27. The van der Waals surface area contributed by atoms with Crippen molar-refractivity contribution in [3.05, 3.63) is 12.2 Å². The monoisotopic (exact) mass is 252 g/mol. The molecule has 0 heterocycles. The van der Waals surface area contributed by atoms with Crippen molar-refractivity contribution < 1.29 is 4.43 Å². The van der Waals surface area contributed by atoms with Gasteiger partial charge in [-0.3, -0.25) is 0 Å². The Kier molecular flexibility index (Phi) is 4.48. The maximum absolute atomic E-state index is 6.45. The lowest BCUT2D eigenvalue weighted by Crippen LogP contribution is -2.44. The molecule has 2 aliphatic carbocycles. The first kappa shape index (κ1) is 13.4. The zero-order chi connectivity index (χ0) is 12.3. The van der Waals surface area contributed by atoms with Crippen molar-refractivity contribution in [2.24, 2.45) is 11.8 Å². The first-order valence-corrected chi connectivity index (χ1v) is 9.98. The molecule has 1 nitrogen and oxygen atoms in total. The molecule has 0 N–H and O–H groups in total. The first-order valence-electron chi connectivity index (χ1n) is 7.58. The fourth-order valence-corrected chi connectivity index (χ4v) is 9.79. The van der Waals surface area contributed by atoms with Crippen LogP contribution < -0.4 is 0 Å². The minimum absolute atomic E-state index is 0.872. The van der Waals surface area contributed by atoms with Crippen LogP contribution in [0.4, 0.5) is 0 Å². The summed E-state index contributed by atoms with van der Waals surface area (Å²) in [6, 6.07) is 2.77. The van der Waals surface area contributed by atoms with Crippen LogP contribution in [-0.2, 0) is 4.43 Å². The van der Waals surface area contributed by atoms with Gasteiger partial charge in [-0.05, 0) is 49.2 Å². The summed E-state index contributed by atoms with van der Waals surface area (Å²) in [5, 5.41) is 0. The molecule has 1 saturated carbocycles. The first-order chi connectivity index (χ1) is 8.25. The Morgan fingerprint density at radius 3 is 2.18 bits per heavy atom. The van der Waals surface area contributed by atoms with Crippen molar-refractivity contribution in [2.45, 2.75) is 64.1 Å². The van der Waals surface area contributed by atoms with Crippen LogP contribution in [0.2, 0.25) is 17.6 Å². The van der Waals surface area contributed by atoms with Gasteiger partial charge >= 0.3 is 0 Å². The molecule has 1 fully saturated rings. The smallest absolute Gasteiger partial charge is 0.196 e. The zero-order valence-electron chi connectivity index (χ0n) is 11.7. The van der Waals surface area contributed by atoms with E-state index in [1.165, 1.54) is 37.8 Å². The minimum Gasteiger partial charge on any atom is -0.417 e. The van der Waals surface area contributed by atoms with Gasteiger partial charge in [0, 0.05) is 6.61 Å². The summed E-state index contributed by atoms with van der Waals surface area (Å²) in [6.45, 7) is 7.79. The van der Waals surface area contributed by atoms with Crippen molar-refractivity contribution in [3.63, 3.8) is 0 Å². The van der Waals surface area contributed by atoms with Crippen LogP contribution in [0.25, 0.3) is 0 Å². The summed E-state index contributed by atoms with van der Waals surface area (Å²) >= 11 is 0. The molecular formula is C15H28OSi. The average Bonchev–Trinajstić information content (AvgIpc) is 2.91. The van der Waals surface area contributed by atoms with Gasteiger partial charge in [0.1, 0.15) is 0 Å². The van der Waals surface area contributed by atoms with Crippen LogP contribution in [0.1, 0.15) is 46.5 Å². The van der Waals surface area contributed by atoms with Crippen molar-refractivity contribution in [1.82, 2.24) is 0 Å². The molecule has 0 saturated heterocycles. The normalized spacial score (nSPS) is 31.4.